The zero-order valence-electron chi connectivity index (χ0n) is 16.9. The fraction of sp³-hybridized carbons (Fsp3) is 0.143. The van der Waals surface area contributed by atoms with Crippen LogP contribution in [0.25, 0.3) is 6.08 Å². The number of amides is 3. The average molecular weight is 539 g/mol. The molecule has 8 nitrogen and oxygen atoms in total. The number of methoxy groups -OCH3 is 1. The number of aryl methyl sites for hydroxylation is 1. The summed E-state index contributed by atoms with van der Waals surface area (Å²) in [4.78, 5) is 36.4. The van der Waals surface area contributed by atoms with Crippen LogP contribution in [0.3, 0.4) is 0 Å². The van der Waals surface area contributed by atoms with Crippen LogP contribution in [0.15, 0.2) is 40.4 Å². The van der Waals surface area contributed by atoms with E-state index >= 15 is 0 Å². The van der Waals surface area contributed by atoms with E-state index in [9.17, 15) is 14.4 Å². The van der Waals surface area contributed by atoms with Crippen molar-refractivity contribution >= 4 is 74.3 Å². The van der Waals surface area contributed by atoms with Gasteiger partial charge in [-0.15, -0.1) is 0 Å². The minimum absolute atomic E-state index is 0.0501. The molecule has 32 heavy (non-hydrogen) atoms. The molecular weight excluding hydrogens is 522 g/mol. The molecule has 1 aliphatic heterocycles. The predicted molar refractivity (Wildman–Crippen MR) is 128 cm³/mol. The van der Waals surface area contributed by atoms with Gasteiger partial charge >= 0.3 is 0 Å². The van der Waals surface area contributed by atoms with Crippen molar-refractivity contribution in [2.75, 3.05) is 19.0 Å². The Kier molecular flexibility index (Phi) is 7.49. The van der Waals surface area contributed by atoms with Gasteiger partial charge in [0, 0.05) is 10.7 Å². The number of rotatable bonds is 6. The minimum Gasteiger partial charge on any atom is -0.493 e. The van der Waals surface area contributed by atoms with Crippen molar-refractivity contribution in [3.63, 3.8) is 0 Å². The maximum atomic E-state index is 12.3. The van der Waals surface area contributed by atoms with E-state index in [1.54, 1.807) is 30.3 Å². The molecule has 0 radical (unpaired) electrons. The molecule has 0 unspecified atom stereocenters. The molecule has 3 amide bonds. The van der Waals surface area contributed by atoms with Gasteiger partial charge in [-0.25, -0.2) is 0 Å². The second-order valence-electron chi connectivity index (χ2n) is 6.63. The Hall–Kier alpha value is -2.95. The van der Waals surface area contributed by atoms with Crippen LogP contribution < -0.4 is 25.4 Å². The number of halogens is 2. The Morgan fingerprint density at radius 3 is 2.53 bits per heavy atom. The summed E-state index contributed by atoms with van der Waals surface area (Å²) in [6, 6.07) is 8.38. The van der Waals surface area contributed by atoms with Gasteiger partial charge < -0.3 is 14.8 Å². The highest BCUT2D eigenvalue weighted by Crippen LogP contribution is 2.37. The smallest absolute Gasteiger partial charge is 0.263 e. The molecule has 0 aliphatic carbocycles. The van der Waals surface area contributed by atoms with Gasteiger partial charge in [-0.05, 0) is 76.5 Å². The lowest BCUT2D eigenvalue weighted by Gasteiger charge is -2.17. The summed E-state index contributed by atoms with van der Waals surface area (Å²) in [5, 5.41) is 7.93. The lowest BCUT2D eigenvalue weighted by molar-refractivity contribution is -0.123. The van der Waals surface area contributed by atoms with Gasteiger partial charge in [-0.1, -0.05) is 17.7 Å². The zero-order valence-corrected chi connectivity index (χ0v) is 20.0. The molecule has 1 aliphatic rings. The highest BCUT2D eigenvalue weighted by atomic mass is 79.9. The predicted octanol–water partition coefficient (Wildman–Crippen LogP) is 3.35. The average Bonchev–Trinajstić information content (AvgIpc) is 2.72. The number of nitrogens with one attached hydrogen (secondary N) is 3. The van der Waals surface area contributed by atoms with Crippen molar-refractivity contribution in [1.29, 1.82) is 0 Å². The molecule has 2 aromatic rings. The van der Waals surface area contributed by atoms with Gasteiger partial charge in [-0.2, -0.15) is 0 Å². The van der Waals surface area contributed by atoms with Gasteiger partial charge in [0.25, 0.3) is 17.7 Å². The van der Waals surface area contributed by atoms with Crippen molar-refractivity contribution in [3.8, 4) is 11.5 Å². The fourth-order valence-electron chi connectivity index (χ4n) is 2.74. The molecule has 0 atom stereocenters. The van der Waals surface area contributed by atoms with Crippen molar-refractivity contribution in [2.24, 2.45) is 0 Å². The summed E-state index contributed by atoms with van der Waals surface area (Å²) in [6.07, 6.45) is 1.39. The third kappa shape index (κ3) is 5.64. The summed E-state index contributed by atoms with van der Waals surface area (Å²) in [6.45, 7) is 1.57. The minimum atomic E-state index is -0.609. The van der Waals surface area contributed by atoms with Gasteiger partial charge in [0.15, 0.2) is 23.2 Å². The van der Waals surface area contributed by atoms with E-state index in [-0.39, 0.29) is 23.0 Å². The molecule has 11 heteroatoms. The molecule has 1 fully saturated rings. The van der Waals surface area contributed by atoms with E-state index in [1.165, 1.54) is 13.2 Å². The second kappa shape index (κ2) is 10.1. The molecule has 2 aromatic carbocycles. The molecule has 3 N–H and O–H groups in total. The molecule has 3 rings (SSSR count). The lowest BCUT2D eigenvalue weighted by atomic mass is 10.1. The van der Waals surface area contributed by atoms with Gasteiger partial charge in [-0.3, -0.25) is 25.0 Å². The second-order valence-corrected chi connectivity index (χ2v) is 8.30. The van der Waals surface area contributed by atoms with Gasteiger partial charge in [0.1, 0.15) is 5.57 Å². The van der Waals surface area contributed by atoms with Crippen LogP contribution in [-0.2, 0) is 14.4 Å². The molecule has 1 saturated heterocycles. The summed E-state index contributed by atoms with van der Waals surface area (Å²) >= 11 is 14.2. The number of ether oxygens (including phenoxy) is 2. The molecular formula is C21H17BrClN3O5S. The number of thiocarbonyl (C=S) groups is 1. The van der Waals surface area contributed by atoms with E-state index in [0.717, 1.165) is 5.56 Å². The highest BCUT2D eigenvalue weighted by Gasteiger charge is 2.26. The van der Waals surface area contributed by atoms with Gasteiger partial charge in [0.05, 0.1) is 11.6 Å². The number of hydrogen-bond acceptors (Lipinski definition) is 6. The maximum Gasteiger partial charge on any atom is 0.263 e. The fourth-order valence-corrected chi connectivity index (χ4v) is 3.68. The van der Waals surface area contributed by atoms with Crippen LogP contribution >= 0.6 is 39.7 Å². The van der Waals surface area contributed by atoms with E-state index < -0.39 is 17.7 Å². The van der Waals surface area contributed by atoms with Crippen LogP contribution in [0.2, 0.25) is 5.02 Å². The van der Waals surface area contributed by atoms with Crippen LogP contribution in [0, 0.1) is 6.92 Å². The molecule has 0 bridgehead atoms. The van der Waals surface area contributed by atoms with Crippen molar-refractivity contribution < 1.29 is 23.9 Å². The monoisotopic (exact) mass is 537 g/mol. The summed E-state index contributed by atoms with van der Waals surface area (Å²) in [7, 11) is 1.43. The highest BCUT2D eigenvalue weighted by molar-refractivity contribution is 9.10. The quantitative estimate of drug-likeness (QED) is 0.296. The summed E-state index contributed by atoms with van der Waals surface area (Å²) in [5.41, 5.74) is 1.83. The topological polar surface area (TPSA) is 106 Å². The third-order valence-corrected chi connectivity index (χ3v) is 5.51. The summed E-state index contributed by atoms with van der Waals surface area (Å²) < 4.78 is 11.4. The first-order valence-electron chi connectivity index (χ1n) is 9.12. The Labute approximate surface area is 202 Å². The first kappa shape index (κ1) is 23.7. The SMILES string of the molecule is COc1cc(C=C2C(=O)NC(=S)NC2=O)cc(Br)c1OCC(=O)Nc1ccc(C)c(Cl)c1. The van der Waals surface area contributed by atoms with E-state index in [4.69, 9.17) is 33.3 Å². The Morgan fingerprint density at radius 1 is 1.22 bits per heavy atom. The standard InChI is InChI=1S/C21H17BrClN3O5S/c1-10-3-4-12(8-15(10)23)24-17(27)9-31-18-14(22)6-11(7-16(18)30-2)5-13-19(28)25-21(32)26-20(13)29/h3-8H,9H2,1-2H3,(H,24,27)(H2,25,26,28,29,32). The number of carbonyl (C=O) groups excluding carboxylic acids is 3. The maximum absolute atomic E-state index is 12.3. The molecule has 1 heterocycles. The first-order chi connectivity index (χ1) is 15.2. The van der Waals surface area contributed by atoms with Gasteiger partial charge in [0.2, 0.25) is 0 Å². The zero-order chi connectivity index (χ0) is 23.4. The van der Waals surface area contributed by atoms with E-state index in [2.05, 4.69) is 31.9 Å². The number of benzene rings is 2. The van der Waals surface area contributed by atoms with Crippen molar-refractivity contribution in [3.05, 3.63) is 56.5 Å². The Balaban J connectivity index is 1.75. The largest absolute Gasteiger partial charge is 0.493 e. The van der Waals surface area contributed by atoms with Crippen LogP contribution in [-0.4, -0.2) is 36.6 Å². The molecule has 0 saturated carbocycles. The van der Waals surface area contributed by atoms with Crippen molar-refractivity contribution in [1.82, 2.24) is 10.6 Å². The number of hydrogen-bond donors (Lipinski definition) is 3. The summed E-state index contributed by atoms with van der Waals surface area (Å²) in [5.74, 6) is -1.03. The number of anilines is 1. The lowest BCUT2D eigenvalue weighted by Crippen LogP contribution is -2.51. The molecule has 0 aromatic heterocycles. The van der Waals surface area contributed by atoms with Crippen LogP contribution in [0.1, 0.15) is 11.1 Å². The Morgan fingerprint density at radius 2 is 1.91 bits per heavy atom. The van der Waals surface area contributed by atoms with E-state index in [1.807, 2.05) is 6.92 Å². The number of carbonyl (C=O) groups is 3. The van der Waals surface area contributed by atoms with Crippen molar-refractivity contribution in [2.45, 2.75) is 6.92 Å². The van der Waals surface area contributed by atoms with E-state index in [0.29, 0.717) is 26.5 Å². The van der Waals surface area contributed by atoms with Crippen LogP contribution in [0.5, 0.6) is 11.5 Å². The normalized spacial score (nSPS) is 13.2. The molecule has 166 valence electrons. The Bertz CT molecular complexity index is 1150. The first-order valence-corrected chi connectivity index (χ1v) is 10.7. The van der Waals surface area contributed by atoms with Crippen LogP contribution in [0.4, 0.5) is 5.69 Å². The molecule has 0 spiro atoms. The third-order valence-electron chi connectivity index (χ3n) is 4.31.